The summed E-state index contributed by atoms with van der Waals surface area (Å²) in [4.78, 5) is 6.62. The molecule has 25 heavy (non-hydrogen) atoms. The van der Waals surface area contributed by atoms with Crippen molar-refractivity contribution in [3.05, 3.63) is 30.0 Å². The minimum Gasteiger partial charge on any atom is -0.491 e. The van der Waals surface area contributed by atoms with Crippen LogP contribution < -0.4 is 15.8 Å². The highest BCUT2D eigenvalue weighted by atomic mass is 16.5. The maximum atomic E-state index is 6.35. The van der Waals surface area contributed by atoms with Crippen molar-refractivity contribution in [2.75, 3.05) is 33.2 Å². The Morgan fingerprint density at radius 2 is 2.12 bits per heavy atom. The van der Waals surface area contributed by atoms with E-state index in [1.165, 1.54) is 0 Å². The molecule has 0 radical (unpaired) electrons. The molecule has 1 fully saturated rings. The maximum absolute atomic E-state index is 6.35. The van der Waals surface area contributed by atoms with E-state index >= 15 is 0 Å². The Balaban J connectivity index is 1.91. The molecule has 0 bridgehead atoms. The van der Waals surface area contributed by atoms with E-state index in [2.05, 4.69) is 25.4 Å². The molecule has 1 saturated heterocycles. The van der Waals surface area contributed by atoms with Crippen molar-refractivity contribution in [1.82, 2.24) is 20.4 Å². The Kier molecular flexibility index (Phi) is 5.23. The van der Waals surface area contributed by atoms with Gasteiger partial charge in [0.2, 0.25) is 0 Å². The van der Waals surface area contributed by atoms with E-state index in [0.29, 0.717) is 5.70 Å². The first-order chi connectivity index (χ1) is 12.1. The molecule has 0 amide bonds. The molecule has 1 aromatic carbocycles. The van der Waals surface area contributed by atoms with Gasteiger partial charge in [-0.05, 0) is 32.0 Å². The fourth-order valence-corrected chi connectivity index (χ4v) is 2.96. The number of hydrogen-bond acceptors (Lipinski definition) is 5. The van der Waals surface area contributed by atoms with Gasteiger partial charge in [0.1, 0.15) is 17.3 Å². The number of amidine groups is 1. The molecule has 3 rings (SSSR count). The van der Waals surface area contributed by atoms with Crippen LogP contribution in [0, 0.1) is 0 Å². The van der Waals surface area contributed by atoms with Gasteiger partial charge in [0, 0.05) is 44.7 Å². The first-order valence-corrected chi connectivity index (χ1v) is 8.63. The van der Waals surface area contributed by atoms with Gasteiger partial charge in [0.25, 0.3) is 0 Å². The number of H-pyrrole nitrogens is 1. The number of aromatic nitrogens is 2. The van der Waals surface area contributed by atoms with E-state index in [1.54, 1.807) is 7.05 Å². The van der Waals surface area contributed by atoms with Crippen LogP contribution in [0.2, 0.25) is 0 Å². The zero-order chi connectivity index (χ0) is 17.8. The van der Waals surface area contributed by atoms with Crippen LogP contribution in [-0.2, 0) is 0 Å². The van der Waals surface area contributed by atoms with E-state index in [1.807, 2.05) is 38.1 Å². The number of nitrogens with one attached hydrogen (secondary N) is 2. The molecule has 7 heteroatoms. The number of benzene rings is 1. The molecular formula is C18H26N6O. The highest BCUT2D eigenvalue weighted by Gasteiger charge is 2.15. The summed E-state index contributed by atoms with van der Waals surface area (Å²) in [5, 5.41) is 11.7. The smallest absolute Gasteiger partial charge is 0.125 e. The first-order valence-electron chi connectivity index (χ1n) is 8.63. The molecule has 0 aliphatic carbocycles. The lowest BCUT2D eigenvalue weighted by Crippen LogP contribution is -2.46. The van der Waals surface area contributed by atoms with Crippen LogP contribution >= 0.6 is 0 Å². The first kappa shape index (κ1) is 17.3. The van der Waals surface area contributed by atoms with Crippen molar-refractivity contribution in [3.63, 3.8) is 0 Å². The van der Waals surface area contributed by atoms with Crippen molar-refractivity contribution in [2.24, 2.45) is 10.7 Å². The molecule has 0 atom stereocenters. The van der Waals surface area contributed by atoms with Gasteiger partial charge < -0.3 is 20.7 Å². The van der Waals surface area contributed by atoms with E-state index in [9.17, 15) is 0 Å². The minimum absolute atomic E-state index is 0.118. The molecule has 1 aromatic heterocycles. The topological polar surface area (TPSA) is 91.6 Å². The lowest BCUT2D eigenvalue weighted by atomic mass is 10.1. The van der Waals surface area contributed by atoms with Gasteiger partial charge in [-0.3, -0.25) is 10.1 Å². The van der Waals surface area contributed by atoms with Crippen LogP contribution in [-0.4, -0.2) is 60.3 Å². The number of fused-ring (bicyclic) bond motifs is 1. The fraction of sp³-hybridized carbons (Fsp3) is 0.444. The summed E-state index contributed by atoms with van der Waals surface area (Å²) in [5.74, 6) is 1.69. The summed E-state index contributed by atoms with van der Waals surface area (Å²) < 4.78 is 5.78. The monoisotopic (exact) mass is 342 g/mol. The summed E-state index contributed by atoms with van der Waals surface area (Å²) in [5.41, 5.74) is 8.60. The standard InChI is InChI=1S/C18H26N6O/c1-12(2)25-13-4-5-16-14(10-13)18(23-22-16)15(19)11-17(20-3)24-8-6-21-7-9-24/h4-5,10-12,21H,6-9,19H2,1-3H3,(H,22,23). The van der Waals surface area contributed by atoms with Gasteiger partial charge in [-0.1, -0.05) is 0 Å². The van der Waals surface area contributed by atoms with Gasteiger partial charge in [-0.15, -0.1) is 0 Å². The average Bonchev–Trinajstić information content (AvgIpc) is 3.03. The number of aliphatic imine (C=N–C) groups is 1. The Morgan fingerprint density at radius 1 is 1.36 bits per heavy atom. The summed E-state index contributed by atoms with van der Waals surface area (Å²) in [6, 6.07) is 5.87. The Hall–Kier alpha value is -2.54. The molecule has 134 valence electrons. The van der Waals surface area contributed by atoms with Crippen molar-refractivity contribution < 1.29 is 4.74 Å². The number of aromatic amines is 1. The zero-order valence-corrected chi connectivity index (χ0v) is 15.0. The van der Waals surface area contributed by atoms with Crippen LogP contribution in [0.5, 0.6) is 5.75 Å². The van der Waals surface area contributed by atoms with Crippen LogP contribution in [0.15, 0.2) is 29.3 Å². The van der Waals surface area contributed by atoms with Crippen molar-refractivity contribution in [2.45, 2.75) is 20.0 Å². The molecule has 1 aliphatic heterocycles. The average molecular weight is 342 g/mol. The van der Waals surface area contributed by atoms with Gasteiger partial charge in [0.15, 0.2) is 0 Å². The summed E-state index contributed by atoms with van der Waals surface area (Å²) in [6.07, 6.45) is 2.02. The van der Waals surface area contributed by atoms with Crippen LogP contribution in [0.1, 0.15) is 19.5 Å². The molecule has 1 aliphatic rings. The van der Waals surface area contributed by atoms with Crippen molar-refractivity contribution >= 4 is 22.4 Å². The van der Waals surface area contributed by atoms with Gasteiger partial charge in [-0.2, -0.15) is 5.10 Å². The third-order valence-corrected chi connectivity index (χ3v) is 4.13. The van der Waals surface area contributed by atoms with Crippen LogP contribution in [0.25, 0.3) is 16.6 Å². The summed E-state index contributed by atoms with van der Waals surface area (Å²) in [7, 11) is 1.79. The third kappa shape index (κ3) is 3.93. The quantitative estimate of drug-likeness (QED) is 0.580. The number of ether oxygens (including phenoxy) is 1. The second-order valence-electron chi connectivity index (χ2n) is 6.36. The highest BCUT2D eigenvalue weighted by molar-refractivity contribution is 6.01. The van der Waals surface area contributed by atoms with Crippen LogP contribution in [0.3, 0.4) is 0 Å². The number of piperazine rings is 1. The Morgan fingerprint density at radius 3 is 2.80 bits per heavy atom. The zero-order valence-electron chi connectivity index (χ0n) is 15.0. The van der Waals surface area contributed by atoms with E-state index < -0.39 is 0 Å². The van der Waals surface area contributed by atoms with E-state index in [4.69, 9.17) is 10.5 Å². The summed E-state index contributed by atoms with van der Waals surface area (Å²) in [6.45, 7) is 7.76. The van der Waals surface area contributed by atoms with Crippen LogP contribution in [0.4, 0.5) is 0 Å². The van der Waals surface area contributed by atoms with Gasteiger partial charge in [0.05, 0.1) is 17.3 Å². The van der Waals surface area contributed by atoms with E-state index in [0.717, 1.165) is 54.4 Å². The molecular weight excluding hydrogens is 316 g/mol. The molecule has 0 spiro atoms. The summed E-state index contributed by atoms with van der Waals surface area (Å²) >= 11 is 0. The number of nitrogens with zero attached hydrogens (tertiary/aromatic N) is 3. The lowest BCUT2D eigenvalue weighted by Gasteiger charge is -2.29. The Bertz CT molecular complexity index is 786. The van der Waals surface area contributed by atoms with Crippen molar-refractivity contribution in [3.8, 4) is 5.75 Å². The molecule has 7 nitrogen and oxygen atoms in total. The van der Waals surface area contributed by atoms with E-state index in [-0.39, 0.29) is 6.10 Å². The predicted molar refractivity (Wildman–Crippen MR) is 102 cm³/mol. The lowest BCUT2D eigenvalue weighted by molar-refractivity contribution is 0.243. The minimum atomic E-state index is 0.118. The highest BCUT2D eigenvalue weighted by Crippen LogP contribution is 2.25. The number of hydrogen-bond donors (Lipinski definition) is 3. The second-order valence-corrected chi connectivity index (χ2v) is 6.36. The largest absolute Gasteiger partial charge is 0.491 e. The van der Waals surface area contributed by atoms with Gasteiger partial charge in [-0.25, -0.2) is 0 Å². The molecule has 2 aromatic rings. The molecule has 4 N–H and O–H groups in total. The normalized spacial score (nSPS) is 16.7. The molecule has 2 heterocycles. The van der Waals surface area contributed by atoms with Gasteiger partial charge >= 0.3 is 0 Å². The predicted octanol–water partition coefficient (Wildman–Crippen LogP) is 1.58. The number of nitrogens with two attached hydrogens (primary N) is 1. The van der Waals surface area contributed by atoms with Crippen molar-refractivity contribution in [1.29, 1.82) is 0 Å². The SMILES string of the molecule is CN=C(C=C(N)c1n[nH]c2ccc(OC(C)C)cc12)N1CCNCC1. The molecule has 0 saturated carbocycles. The fourth-order valence-electron chi connectivity index (χ4n) is 2.96. The molecule has 0 unspecified atom stereocenters. The third-order valence-electron chi connectivity index (χ3n) is 4.13. The second kappa shape index (κ2) is 7.57. The number of rotatable bonds is 4. The maximum Gasteiger partial charge on any atom is 0.125 e. The Labute approximate surface area is 147 Å².